The van der Waals surface area contributed by atoms with E-state index in [0.29, 0.717) is 17.4 Å². The summed E-state index contributed by atoms with van der Waals surface area (Å²) in [5, 5.41) is 3.30. The molecule has 1 aliphatic rings. The molecule has 16 heavy (non-hydrogen) atoms. The van der Waals surface area contributed by atoms with Gasteiger partial charge in [0.15, 0.2) is 0 Å². The normalized spacial score (nSPS) is 23.3. The minimum Gasteiger partial charge on any atom is -0.399 e. The lowest BCUT2D eigenvalue weighted by molar-refractivity contribution is 0.349. The largest absolute Gasteiger partial charge is 0.399 e. The zero-order chi connectivity index (χ0) is 11.8. The van der Waals surface area contributed by atoms with Crippen LogP contribution in [-0.4, -0.2) is 6.04 Å². The number of hydrogen-bond donors (Lipinski definition) is 2. The van der Waals surface area contributed by atoms with Crippen LogP contribution in [0.3, 0.4) is 0 Å². The number of nitrogens with one attached hydrogen (secondary N) is 1. The second-order valence-electron chi connectivity index (χ2n) is 5.32. The first-order chi connectivity index (χ1) is 7.49. The van der Waals surface area contributed by atoms with Crippen LogP contribution in [0.2, 0.25) is 0 Å². The Hall–Kier alpha value is -1.25. The van der Waals surface area contributed by atoms with Crippen molar-refractivity contribution in [2.75, 3.05) is 11.1 Å². The van der Waals surface area contributed by atoms with Crippen molar-refractivity contribution in [3.05, 3.63) is 24.0 Å². The van der Waals surface area contributed by atoms with Gasteiger partial charge in [-0.25, -0.2) is 4.39 Å². The van der Waals surface area contributed by atoms with Crippen molar-refractivity contribution in [3.8, 4) is 0 Å². The van der Waals surface area contributed by atoms with Crippen molar-refractivity contribution in [1.82, 2.24) is 0 Å². The summed E-state index contributed by atoms with van der Waals surface area (Å²) in [6.07, 6.45) is 3.51. The van der Waals surface area contributed by atoms with Gasteiger partial charge >= 0.3 is 0 Å². The zero-order valence-corrected chi connectivity index (χ0v) is 9.89. The summed E-state index contributed by atoms with van der Waals surface area (Å²) < 4.78 is 13.6. The van der Waals surface area contributed by atoms with E-state index in [1.165, 1.54) is 18.9 Å². The molecule has 1 atom stereocenters. The molecule has 3 heteroatoms. The summed E-state index contributed by atoms with van der Waals surface area (Å²) in [6, 6.07) is 5.17. The van der Waals surface area contributed by atoms with Crippen LogP contribution in [0.5, 0.6) is 0 Å². The molecule has 1 fully saturated rings. The third-order valence-corrected chi connectivity index (χ3v) is 3.58. The molecular weight excluding hydrogens is 203 g/mol. The minimum absolute atomic E-state index is 0.244. The Labute approximate surface area is 96.0 Å². The van der Waals surface area contributed by atoms with E-state index in [4.69, 9.17) is 5.73 Å². The predicted octanol–water partition coefficient (Wildman–Crippen LogP) is 3.40. The van der Waals surface area contributed by atoms with Gasteiger partial charge in [0, 0.05) is 11.7 Å². The lowest BCUT2D eigenvalue weighted by atomic mass is 9.87. The Morgan fingerprint density at radius 3 is 2.75 bits per heavy atom. The van der Waals surface area contributed by atoms with Crippen molar-refractivity contribution >= 4 is 11.4 Å². The molecule has 2 rings (SSSR count). The summed E-state index contributed by atoms with van der Waals surface area (Å²) in [4.78, 5) is 0. The van der Waals surface area contributed by atoms with Gasteiger partial charge in [0.05, 0.1) is 5.69 Å². The monoisotopic (exact) mass is 222 g/mol. The highest BCUT2D eigenvalue weighted by molar-refractivity contribution is 5.53. The van der Waals surface area contributed by atoms with Gasteiger partial charge in [-0.3, -0.25) is 0 Å². The summed E-state index contributed by atoms with van der Waals surface area (Å²) >= 11 is 0. The van der Waals surface area contributed by atoms with Gasteiger partial charge < -0.3 is 11.1 Å². The van der Waals surface area contributed by atoms with E-state index in [1.807, 2.05) is 0 Å². The molecule has 0 aliphatic heterocycles. The summed E-state index contributed by atoms with van der Waals surface area (Å²) in [5.41, 5.74) is 6.80. The fourth-order valence-electron chi connectivity index (χ4n) is 2.43. The number of hydrogen-bond acceptors (Lipinski definition) is 2. The quantitative estimate of drug-likeness (QED) is 0.753. The third-order valence-electron chi connectivity index (χ3n) is 3.58. The number of rotatable bonds is 2. The third kappa shape index (κ3) is 2.13. The summed E-state index contributed by atoms with van der Waals surface area (Å²) in [5.74, 6) is -0.261. The van der Waals surface area contributed by atoms with E-state index < -0.39 is 0 Å². The van der Waals surface area contributed by atoms with Crippen LogP contribution in [0.4, 0.5) is 15.8 Å². The first kappa shape index (κ1) is 11.2. The topological polar surface area (TPSA) is 38.0 Å². The molecule has 0 spiro atoms. The van der Waals surface area contributed by atoms with Gasteiger partial charge in [0.2, 0.25) is 0 Å². The fraction of sp³-hybridized carbons (Fsp3) is 0.538. The van der Waals surface area contributed by atoms with Gasteiger partial charge in [0.1, 0.15) is 5.82 Å². The average Bonchev–Trinajstić information content (AvgIpc) is 2.50. The Kier molecular flexibility index (Phi) is 2.78. The summed E-state index contributed by atoms with van der Waals surface area (Å²) in [7, 11) is 0. The van der Waals surface area contributed by atoms with Gasteiger partial charge in [-0.05, 0) is 36.5 Å². The molecule has 1 saturated carbocycles. The maximum atomic E-state index is 13.6. The number of nitrogens with two attached hydrogens (primary N) is 1. The van der Waals surface area contributed by atoms with E-state index in [0.717, 1.165) is 6.42 Å². The highest BCUT2D eigenvalue weighted by Gasteiger charge is 2.34. The van der Waals surface area contributed by atoms with Crippen molar-refractivity contribution < 1.29 is 4.39 Å². The Bertz CT molecular complexity index is 388. The van der Waals surface area contributed by atoms with Crippen molar-refractivity contribution in [2.24, 2.45) is 5.41 Å². The van der Waals surface area contributed by atoms with E-state index in [2.05, 4.69) is 19.2 Å². The fourth-order valence-corrected chi connectivity index (χ4v) is 2.43. The van der Waals surface area contributed by atoms with E-state index >= 15 is 0 Å². The van der Waals surface area contributed by atoms with Crippen molar-refractivity contribution in [1.29, 1.82) is 0 Å². The average molecular weight is 222 g/mol. The summed E-state index contributed by atoms with van der Waals surface area (Å²) in [6.45, 7) is 4.46. The van der Waals surface area contributed by atoms with Crippen LogP contribution in [0, 0.1) is 11.2 Å². The molecule has 0 saturated heterocycles. The van der Waals surface area contributed by atoms with Crippen LogP contribution in [0.25, 0.3) is 0 Å². The van der Waals surface area contributed by atoms with Crippen molar-refractivity contribution in [3.63, 3.8) is 0 Å². The smallest absolute Gasteiger partial charge is 0.148 e. The molecule has 2 nitrogen and oxygen atoms in total. The SMILES string of the molecule is CC1(C)CCCC1Nc1ccc(N)cc1F. The molecule has 1 aromatic rings. The Morgan fingerprint density at radius 1 is 1.44 bits per heavy atom. The second-order valence-corrected chi connectivity index (χ2v) is 5.32. The molecule has 88 valence electrons. The van der Waals surface area contributed by atoms with Gasteiger partial charge in [-0.2, -0.15) is 0 Å². The van der Waals surface area contributed by atoms with Crippen LogP contribution in [-0.2, 0) is 0 Å². The molecular formula is C13H19FN2. The van der Waals surface area contributed by atoms with E-state index in [9.17, 15) is 4.39 Å². The number of anilines is 2. The standard InChI is InChI=1S/C13H19FN2/c1-13(2)7-3-4-12(13)16-11-6-5-9(15)8-10(11)14/h5-6,8,12,16H,3-4,7,15H2,1-2H3. The molecule has 0 radical (unpaired) electrons. The zero-order valence-electron chi connectivity index (χ0n) is 9.89. The molecule has 3 N–H and O–H groups in total. The second kappa shape index (κ2) is 3.96. The Morgan fingerprint density at radius 2 is 2.19 bits per heavy atom. The highest BCUT2D eigenvalue weighted by atomic mass is 19.1. The molecule has 1 aromatic carbocycles. The minimum atomic E-state index is -0.261. The first-order valence-corrected chi connectivity index (χ1v) is 5.80. The van der Waals surface area contributed by atoms with E-state index in [1.54, 1.807) is 12.1 Å². The lowest BCUT2D eigenvalue weighted by Gasteiger charge is -2.28. The van der Waals surface area contributed by atoms with E-state index in [-0.39, 0.29) is 11.2 Å². The Balaban J connectivity index is 2.15. The van der Waals surface area contributed by atoms with Crippen LogP contribution < -0.4 is 11.1 Å². The maximum absolute atomic E-state index is 13.6. The van der Waals surface area contributed by atoms with Crippen LogP contribution in [0.1, 0.15) is 33.1 Å². The highest BCUT2D eigenvalue weighted by Crippen LogP contribution is 2.39. The first-order valence-electron chi connectivity index (χ1n) is 5.80. The number of nitrogen functional groups attached to an aromatic ring is 1. The molecule has 0 heterocycles. The van der Waals surface area contributed by atoms with Gasteiger partial charge in [0.25, 0.3) is 0 Å². The molecule has 0 aromatic heterocycles. The van der Waals surface area contributed by atoms with Gasteiger partial charge in [-0.15, -0.1) is 0 Å². The molecule has 0 bridgehead atoms. The van der Waals surface area contributed by atoms with Crippen LogP contribution >= 0.6 is 0 Å². The number of halogens is 1. The predicted molar refractivity (Wildman–Crippen MR) is 65.9 cm³/mol. The number of benzene rings is 1. The molecule has 1 aliphatic carbocycles. The lowest BCUT2D eigenvalue weighted by Crippen LogP contribution is -2.31. The maximum Gasteiger partial charge on any atom is 0.148 e. The molecule has 1 unspecified atom stereocenters. The molecule has 0 amide bonds. The van der Waals surface area contributed by atoms with Crippen LogP contribution in [0.15, 0.2) is 18.2 Å². The van der Waals surface area contributed by atoms with Gasteiger partial charge in [-0.1, -0.05) is 20.3 Å². The van der Waals surface area contributed by atoms with Crippen molar-refractivity contribution in [2.45, 2.75) is 39.2 Å².